The number of hydrogen-bond acceptors (Lipinski definition) is 5. The van der Waals surface area contributed by atoms with Crippen molar-refractivity contribution in [1.29, 1.82) is 0 Å². The molecule has 0 saturated carbocycles. The van der Waals surface area contributed by atoms with E-state index in [0.717, 1.165) is 36.8 Å². The summed E-state index contributed by atoms with van der Waals surface area (Å²) in [7, 11) is 1.38. The Bertz CT molecular complexity index is 2040. The first kappa shape index (κ1) is 37.1. The molecule has 6 aromatic carbocycles. The summed E-state index contributed by atoms with van der Waals surface area (Å²) in [6, 6.07) is 51.5. The van der Waals surface area contributed by atoms with Crippen molar-refractivity contribution in [2.75, 3.05) is 7.11 Å². The number of carbonyl (C=O) groups excluding carboxylic acids is 1. The smallest absolute Gasteiger partial charge is 0.306 e. The second-order valence-electron chi connectivity index (χ2n) is 12.7. The Labute approximate surface area is 322 Å². The van der Waals surface area contributed by atoms with Gasteiger partial charge >= 0.3 is 5.97 Å². The van der Waals surface area contributed by atoms with Crippen LogP contribution in [0.2, 0.25) is 0 Å². The maximum absolute atomic E-state index is 13.6. The number of carbonyl (C=O) groups is 1. The lowest BCUT2D eigenvalue weighted by Gasteiger charge is -2.41. The first-order valence-corrected chi connectivity index (χ1v) is 18.7. The molecule has 0 radical (unpaired) electrons. The van der Waals surface area contributed by atoms with Crippen molar-refractivity contribution in [1.82, 2.24) is 0 Å². The van der Waals surface area contributed by atoms with E-state index in [1.54, 1.807) is 0 Å². The van der Waals surface area contributed by atoms with Crippen molar-refractivity contribution in [2.24, 2.45) is 0 Å². The van der Waals surface area contributed by atoms with E-state index in [1.807, 2.05) is 140 Å². The zero-order valence-electron chi connectivity index (χ0n) is 28.8. The summed E-state index contributed by atoms with van der Waals surface area (Å²) >= 11 is 7.40. The van der Waals surface area contributed by atoms with Crippen molar-refractivity contribution in [3.05, 3.63) is 200 Å². The average molecular weight is 821 g/mol. The highest BCUT2D eigenvalue weighted by Crippen LogP contribution is 2.49. The highest BCUT2D eigenvalue weighted by molar-refractivity contribution is 9.10. The van der Waals surface area contributed by atoms with Crippen LogP contribution in [0.1, 0.15) is 52.1 Å². The quantitative estimate of drug-likeness (QED) is 0.105. The van der Waals surface area contributed by atoms with Gasteiger partial charge in [0.05, 0.1) is 25.0 Å². The van der Waals surface area contributed by atoms with Crippen LogP contribution in [0.25, 0.3) is 0 Å². The molecule has 7 heteroatoms. The summed E-state index contributed by atoms with van der Waals surface area (Å²) in [6.07, 6.45) is -1.02. The van der Waals surface area contributed by atoms with Crippen LogP contribution in [-0.4, -0.2) is 24.3 Å². The lowest BCUT2D eigenvalue weighted by Crippen LogP contribution is -2.44. The van der Waals surface area contributed by atoms with Crippen LogP contribution in [0.15, 0.2) is 167 Å². The van der Waals surface area contributed by atoms with Crippen molar-refractivity contribution in [3.63, 3.8) is 0 Å². The Morgan fingerprint density at radius 3 is 1.73 bits per heavy atom. The van der Waals surface area contributed by atoms with Crippen molar-refractivity contribution >= 4 is 37.8 Å². The topological polar surface area (TPSA) is 65.0 Å². The third kappa shape index (κ3) is 8.84. The zero-order chi connectivity index (χ0) is 36.3. The lowest BCUT2D eigenvalue weighted by molar-refractivity contribution is -0.143. The van der Waals surface area contributed by atoms with Crippen molar-refractivity contribution < 1.29 is 24.1 Å². The average Bonchev–Trinajstić information content (AvgIpc) is 3.19. The first-order valence-electron chi connectivity index (χ1n) is 17.2. The summed E-state index contributed by atoms with van der Waals surface area (Å²) in [6.45, 7) is 0.692. The van der Waals surface area contributed by atoms with Gasteiger partial charge in [0.1, 0.15) is 24.7 Å². The minimum atomic E-state index is -1.28. The highest BCUT2D eigenvalue weighted by Gasteiger charge is 2.47. The second kappa shape index (κ2) is 17.7. The van der Waals surface area contributed by atoms with Gasteiger partial charge in [0.25, 0.3) is 0 Å². The molecule has 5 nitrogen and oxygen atoms in total. The molecule has 0 fully saturated rings. The fourth-order valence-electron chi connectivity index (χ4n) is 6.80. The molecule has 52 heavy (non-hydrogen) atoms. The molecule has 0 amide bonds. The van der Waals surface area contributed by atoms with Gasteiger partial charge in [-0.05, 0) is 65.1 Å². The number of esters is 1. The number of aliphatic hydroxyl groups is 1. The molecule has 0 aliphatic heterocycles. The van der Waals surface area contributed by atoms with Crippen LogP contribution >= 0.6 is 31.9 Å². The van der Waals surface area contributed by atoms with Gasteiger partial charge in [-0.25, -0.2) is 0 Å². The highest BCUT2D eigenvalue weighted by atomic mass is 79.9. The van der Waals surface area contributed by atoms with E-state index in [4.69, 9.17) is 14.2 Å². The maximum atomic E-state index is 13.6. The molecule has 0 spiro atoms. The third-order valence-corrected chi connectivity index (χ3v) is 10.4. The summed E-state index contributed by atoms with van der Waals surface area (Å²) < 4.78 is 20.1. The predicted octanol–water partition coefficient (Wildman–Crippen LogP) is 10.8. The van der Waals surface area contributed by atoms with Gasteiger partial charge in [0, 0.05) is 26.0 Å². The standard InChI is InChI=1S/C45H40Br2O5/c1-50-44(49)29-45(35-20-12-5-13-21-35,40-27-37(47)23-25-42(40)52-31-33-16-8-3-9-17-33)43(48)28-38(34-18-10-4-11-19-34)39-26-36(46)22-24-41(39)51-30-32-14-6-2-7-15-32/h2-27,38,43,48H,28-31H2,1H3. The third-order valence-electron chi connectivity index (χ3n) is 9.41. The molecule has 0 aromatic heterocycles. The molecular weight excluding hydrogens is 780 g/mol. The van der Waals surface area contributed by atoms with E-state index in [-0.39, 0.29) is 18.8 Å². The summed E-state index contributed by atoms with van der Waals surface area (Å²) in [5, 5.41) is 13.0. The fourth-order valence-corrected chi connectivity index (χ4v) is 7.54. The molecule has 0 heterocycles. The SMILES string of the molecule is COC(=O)CC(c1ccccc1)(c1cc(Br)ccc1OCc1ccccc1)C(O)CC(c1ccccc1)c1cc(Br)ccc1OCc1ccccc1. The van der Waals surface area contributed by atoms with E-state index < -0.39 is 17.5 Å². The number of benzene rings is 6. The number of methoxy groups -OCH3 is 1. The van der Waals surface area contributed by atoms with Gasteiger partial charge in [0.15, 0.2) is 0 Å². The van der Waals surface area contributed by atoms with Gasteiger partial charge in [0.2, 0.25) is 0 Å². The Kier molecular flexibility index (Phi) is 12.6. The molecule has 0 aliphatic carbocycles. The zero-order valence-corrected chi connectivity index (χ0v) is 32.0. The van der Waals surface area contributed by atoms with E-state index in [1.165, 1.54) is 7.11 Å². The molecule has 0 saturated heterocycles. The second-order valence-corrected chi connectivity index (χ2v) is 14.5. The molecule has 0 bridgehead atoms. The normalized spacial score (nSPS) is 13.4. The molecule has 264 valence electrons. The van der Waals surface area contributed by atoms with E-state index in [9.17, 15) is 9.90 Å². The summed E-state index contributed by atoms with van der Waals surface area (Å²) in [5.41, 5.74) is 4.10. The summed E-state index contributed by atoms with van der Waals surface area (Å²) in [5.74, 6) is 0.480. The van der Waals surface area contributed by atoms with Gasteiger partial charge < -0.3 is 19.3 Å². The van der Waals surface area contributed by atoms with Crippen LogP contribution in [0, 0.1) is 0 Å². The van der Waals surface area contributed by atoms with Crippen LogP contribution in [0.3, 0.4) is 0 Å². The van der Waals surface area contributed by atoms with E-state index in [0.29, 0.717) is 30.3 Å². The lowest BCUT2D eigenvalue weighted by atomic mass is 9.65. The van der Waals surface area contributed by atoms with Crippen molar-refractivity contribution in [2.45, 2.75) is 43.5 Å². The number of ether oxygens (including phenoxy) is 3. The predicted molar refractivity (Wildman–Crippen MR) is 213 cm³/mol. The largest absolute Gasteiger partial charge is 0.489 e. The Morgan fingerprint density at radius 1 is 0.654 bits per heavy atom. The maximum Gasteiger partial charge on any atom is 0.306 e. The molecular formula is C45H40Br2O5. The molecule has 3 atom stereocenters. The van der Waals surface area contributed by atoms with E-state index in [2.05, 4.69) is 50.1 Å². The fraction of sp³-hybridized carbons (Fsp3) is 0.178. The van der Waals surface area contributed by atoms with E-state index >= 15 is 0 Å². The molecule has 6 aromatic rings. The Balaban J connectivity index is 1.50. The molecule has 3 unspecified atom stereocenters. The van der Waals surface area contributed by atoms with Gasteiger partial charge in [-0.15, -0.1) is 0 Å². The van der Waals surface area contributed by atoms with Crippen LogP contribution in [0.5, 0.6) is 11.5 Å². The molecule has 1 N–H and O–H groups in total. The van der Waals surface area contributed by atoms with Crippen LogP contribution in [-0.2, 0) is 28.2 Å². The minimum absolute atomic E-state index is 0.135. The number of halogens is 2. The first-order chi connectivity index (χ1) is 25.4. The summed E-state index contributed by atoms with van der Waals surface area (Å²) in [4.78, 5) is 13.6. The Morgan fingerprint density at radius 2 is 1.15 bits per heavy atom. The van der Waals surface area contributed by atoms with Crippen LogP contribution in [0.4, 0.5) is 0 Å². The minimum Gasteiger partial charge on any atom is -0.489 e. The number of hydrogen-bond donors (Lipinski definition) is 1. The van der Waals surface area contributed by atoms with Crippen molar-refractivity contribution in [3.8, 4) is 11.5 Å². The monoisotopic (exact) mass is 818 g/mol. The number of aliphatic hydroxyl groups excluding tert-OH is 1. The van der Waals surface area contributed by atoms with Gasteiger partial charge in [-0.2, -0.15) is 0 Å². The van der Waals surface area contributed by atoms with Crippen LogP contribution < -0.4 is 9.47 Å². The number of rotatable bonds is 15. The Hall–Kier alpha value is -4.69. The van der Waals surface area contributed by atoms with Gasteiger partial charge in [-0.3, -0.25) is 4.79 Å². The molecule has 6 rings (SSSR count). The molecule has 0 aliphatic rings. The van der Waals surface area contributed by atoms with Gasteiger partial charge in [-0.1, -0.05) is 153 Å².